The molecule has 1 saturated heterocycles. The number of amides is 1. The molecule has 1 aromatic rings. The van der Waals surface area contributed by atoms with Crippen molar-refractivity contribution < 1.29 is 9.90 Å². The van der Waals surface area contributed by atoms with Crippen molar-refractivity contribution in [1.29, 1.82) is 0 Å². The summed E-state index contributed by atoms with van der Waals surface area (Å²) in [4.78, 5) is 14.0. The first kappa shape index (κ1) is 12.1. The molecule has 0 saturated carbocycles. The second-order valence-corrected chi connectivity index (χ2v) is 4.67. The van der Waals surface area contributed by atoms with Gasteiger partial charge in [-0.05, 0) is 30.9 Å². The first-order chi connectivity index (χ1) is 8.22. The van der Waals surface area contributed by atoms with Gasteiger partial charge < -0.3 is 10.0 Å². The summed E-state index contributed by atoms with van der Waals surface area (Å²) in [6, 6.07) is 8.00. The van der Waals surface area contributed by atoms with Gasteiger partial charge in [-0.15, -0.1) is 0 Å². The van der Waals surface area contributed by atoms with Crippen molar-refractivity contribution in [1.82, 2.24) is 4.90 Å². The van der Waals surface area contributed by atoms with E-state index in [4.69, 9.17) is 0 Å². The van der Waals surface area contributed by atoms with E-state index in [2.05, 4.69) is 0 Å². The van der Waals surface area contributed by atoms with Crippen LogP contribution in [0.1, 0.15) is 24.0 Å². The van der Waals surface area contributed by atoms with E-state index in [0.717, 1.165) is 30.5 Å². The van der Waals surface area contributed by atoms with Crippen LogP contribution in [0, 0.1) is 6.92 Å². The van der Waals surface area contributed by atoms with E-state index in [1.54, 1.807) is 0 Å². The van der Waals surface area contributed by atoms with E-state index in [9.17, 15) is 9.90 Å². The van der Waals surface area contributed by atoms with Crippen molar-refractivity contribution in [2.45, 2.75) is 32.2 Å². The number of nitrogens with zero attached hydrogens (tertiary/aromatic N) is 1. The molecular formula is C14H19NO2. The molecule has 0 radical (unpaired) electrons. The van der Waals surface area contributed by atoms with Crippen molar-refractivity contribution in [2.24, 2.45) is 0 Å². The summed E-state index contributed by atoms with van der Waals surface area (Å²) in [6.45, 7) is 2.89. The van der Waals surface area contributed by atoms with Crippen LogP contribution in [0.25, 0.3) is 0 Å². The van der Waals surface area contributed by atoms with Gasteiger partial charge in [-0.25, -0.2) is 0 Å². The molecule has 92 valence electrons. The lowest BCUT2D eigenvalue weighted by Gasteiger charge is -2.23. The van der Waals surface area contributed by atoms with E-state index < -0.39 is 0 Å². The highest BCUT2D eigenvalue weighted by Gasteiger charge is 2.27. The monoisotopic (exact) mass is 233 g/mol. The first-order valence-electron chi connectivity index (χ1n) is 6.17. The normalized spacial score (nSPS) is 19.6. The van der Waals surface area contributed by atoms with Crippen LogP contribution in [0.3, 0.4) is 0 Å². The predicted octanol–water partition coefficient (Wildman–Crippen LogP) is 1.52. The van der Waals surface area contributed by atoms with Crippen LogP contribution in [-0.4, -0.2) is 35.1 Å². The molecule has 1 fully saturated rings. The summed E-state index contributed by atoms with van der Waals surface area (Å²) < 4.78 is 0. The first-order valence-corrected chi connectivity index (χ1v) is 6.17. The van der Waals surface area contributed by atoms with Crippen molar-refractivity contribution in [3.05, 3.63) is 35.4 Å². The predicted molar refractivity (Wildman–Crippen MR) is 66.7 cm³/mol. The van der Waals surface area contributed by atoms with Gasteiger partial charge in [0.05, 0.1) is 19.1 Å². The van der Waals surface area contributed by atoms with Crippen LogP contribution in [0.5, 0.6) is 0 Å². The number of carbonyl (C=O) groups excluding carboxylic acids is 1. The highest BCUT2D eigenvalue weighted by atomic mass is 16.3. The standard InChI is InChI=1S/C14H19NO2/c1-11-5-2-3-6-12(11)9-14(17)15-8-4-7-13(15)10-16/h2-3,5-6,13,16H,4,7-10H2,1H3/t13-/m0/s1. The topological polar surface area (TPSA) is 40.5 Å². The fraction of sp³-hybridized carbons (Fsp3) is 0.500. The quantitative estimate of drug-likeness (QED) is 0.860. The minimum Gasteiger partial charge on any atom is -0.394 e. The average molecular weight is 233 g/mol. The van der Waals surface area contributed by atoms with Gasteiger partial charge in [-0.2, -0.15) is 0 Å². The molecular weight excluding hydrogens is 214 g/mol. The Morgan fingerprint density at radius 3 is 2.94 bits per heavy atom. The van der Waals surface area contributed by atoms with Crippen molar-refractivity contribution in [3.8, 4) is 0 Å². The van der Waals surface area contributed by atoms with Gasteiger partial charge in [-0.1, -0.05) is 24.3 Å². The lowest BCUT2D eigenvalue weighted by atomic mass is 10.1. The van der Waals surface area contributed by atoms with E-state index in [1.807, 2.05) is 36.1 Å². The second kappa shape index (κ2) is 5.32. The molecule has 0 unspecified atom stereocenters. The Bertz CT molecular complexity index is 403. The molecule has 17 heavy (non-hydrogen) atoms. The molecule has 2 rings (SSSR count). The molecule has 1 aliphatic rings. The number of hydrogen-bond donors (Lipinski definition) is 1. The zero-order chi connectivity index (χ0) is 12.3. The Kier molecular flexibility index (Phi) is 3.79. The largest absolute Gasteiger partial charge is 0.394 e. The van der Waals surface area contributed by atoms with Gasteiger partial charge in [-0.3, -0.25) is 4.79 Å². The summed E-state index contributed by atoms with van der Waals surface area (Å²) >= 11 is 0. The van der Waals surface area contributed by atoms with Crippen LogP contribution in [0.2, 0.25) is 0 Å². The minimum atomic E-state index is 0.0338. The lowest BCUT2D eigenvalue weighted by molar-refractivity contribution is -0.132. The van der Waals surface area contributed by atoms with Gasteiger partial charge >= 0.3 is 0 Å². The third-order valence-corrected chi connectivity index (χ3v) is 3.51. The second-order valence-electron chi connectivity index (χ2n) is 4.67. The van der Waals surface area contributed by atoms with E-state index in [0.29, 0.717) is 6.42 Å². The Morgan fingerprint density at radius 1 is 1.47 bits per heavy atom. The maximum atomic E-state index is 12.2. The Balaban J connectivity index is 2.04. The van der Waals surface area contributed by atoms with Crippen molar-refractivity contribution in [2.75, 3.05) is 13.2 Å². The molecule has 0 aromatic heterocycles. The molecule has 1 heterocycles. The Labute approximate surface area is 102 Å². The van der Waals surface area contributed by atoms with E-state index in [1.165, 1.54) is 0 Å². The molecule has 1 aliphatic heterocycles. The number of hydrogen-bond acceptors (Lipinski definition) is 2. The number of aliphatic hydroxyl groups excluding tert-OH is 1. The molecule has 0 spiro atoms. The number of aliphatic hydroxyl groups is 1. The molecule has 0 aliphatic carbocycles. The van der Waals surface area contributed by atoms with Crippen molar-refractivity contribution in [3.63, 3.8) is 0 Å². The zero-order valence-corrected chi connectivity index (χ0v) is 10.2. The van der Waals surface area contributed by atoms with Crippen molar-refractivity contribution >= 4 is 5.91 Å². The third-order valence-electron chi connectivity index (χ3n) is 3.51. The van der Waals surface area contributed by atoms with Gasteiger partial charge in [0, 0.05) is 6.54 Å². The van der Waals surface area contributed by atoms with Gasteiger partial charge in [0.15, 0.2) is 0 Å². The number of aryl methyl sites for hydroxylation is 1. The fourth-order valence-electron chi connectivity index (χ4n) is 2.43. The van der Waals surface area contributed by atoms with Gasteiger partial charge in [0.1, 0.15) is 0 Å². The van der Waals surface area contributed by atoms with E-state index >= 15 is 0 Å². The smallest absolute Gasteiger partial charge is 0.227 e. The molecule has 1 amide bonds. The van der Waals surface area contributed by atoms with Gasteiger partial charge in [0.25, 0.3) is 0 Å². The van der Waals surface area contributed by atoms with Gasteiger partial charge in [0.2, 0.25) is 5.91 Å². The minimum absolute atomic E-state index is 0.0338. The molecule has 0 bridgehead atoms. The average Bonchev–Trinajstić information content (AvgIpc) is 2.80. The molecule has 1 atom stereocenters. The number of benzene rings is 1. The van der Waals surface area contributed by atoms with E-state index in [-0.39, 0.29) is 18.6 Å². The highest BCUT2D eigenvalue weighted by Crippen LogP contribution is 2.18. The van der Waals surface area contributed by atoms with Crippen LogP contribution in [-0.2, 0) is 11.2 Å². The number of carbonyl (C=O) groups is 1. The maximum Gasteiger partial charge on any atom is 0.227 e. The number of likely N-dealkylation sites (tertiary alicyclic amines) is 1. The molecule has 1 aromatic carbocycles. The molecule has 1 N–H and O–H groups in total. The summed E-state index contributed by atoms with van der Waals surface area (Å²) in [7, 11) is 0. The molecule has 3 nitrogen and oxygen atoms in total. The van der Waals surface area contributed by atoms with Crippen LogP contribution < -0.4 is 0 Å². The summed E-state index contributed by atoms with van der Waals surface area (Å²) in [5, 5.41) is 9.21. The third kappa shape index (κ3) is 2.67. The molecule has 3 heteroatoms. The Morgan fingerprint density at radius 2 is 2.24 bits per heavy atom. The lowest BCUT2D eigenvalue weighted by Crippen LogP contribution is -2.38. The number of rotatable bonds is 3. The van der Waals surface area contributed by atoms with Crippen LogP contribution >= 0.6 is 0 Å². The maximum absolute atomic E-state index is 12.2. The summed E-state index contributed by atoms with van der Waals surface area (Å²) in [5.74, 6) is 0.135. The zero-order valence-electron chi connectivity index (χ0n) is 10.2. The Hall–Kier alpha value is -1.35. The summed E-state index contributed by atoms with van der Waals surface area (Å²) in [6.07, 6.45) is 2.38. The van der Waals surface area contributed by atoms with Crippen LogP contribution in [0.15, 0.2) is 24.3 Å². The summed E-state index contributed by atoms with van der Waals surface area (Å²) in [5.41, 5.74) is 2.24. The van der Waals surface area contributed by atoms with Crippen LogP contribution in [0.4, 0.5) is 0 Å². The SMILES string of the molecule is Cc1ccccc1CC(=O)N1CCC[C@H]1CO. The fourth-order valence-corrected chi connectivity index (χ4v) is 2.43. The highest BCUT2D eigenvalue weighted by molar-refractivity contribution is 5.79.